The Labute approximate surface area is 149 Å². The SMILES string of the molecule is O=C(NCCSCc1ccccc1F)NCc1ccc2c(c1)OCO2. The van der Waals surface area contributed by atoms with E-state index in [1.165, 1.54) is 6.07 Å². The van der Waals surface area contributed by atoms with Crippen molar-refractivity contribution in [2.24, 2.45) is 0 Å². The zero-order chi connectivity index (χ0) is 17.5. The third kappa shape index (κ3) is 5.03. The zero-order valence-corrected chi connectivity index (χ0v) is 14.4. The Morgan fingerprint density at radius 1 is 1.12 bits per heavy atom. The fourth-order valence-electron chi connectivity index (χ4n) is 2.33. The molecule has 0 aromatic heterocycles. The van der Waals surface area contributed by atoms with E-state index in [4.69, 9.17) is 9.47 Å². The summed E-state index contributed by atoms with van der Waals surface area (Å²) >= 11 is 1.58. The average molecular weight is 362 g/mol. The molecule has 2 aromatic rings. The van der Waals surface area contributed by atoms with Crippen LogP contribution in [0, 0.1) is 5.82 Å². The number of amides is 2. The highest BCUT2D eigenvalue weighted by molar-refractivity contribution is 7.98. The second-order valence-electron chi connectivity index (χ2n) is 5.44. The number of hydrogen-bond donors (Lipinski definition) is 2. The first kappa shape index (κ1) is 17.4. The topological polar surface area (TPSA) is 59.6 Å². The van der Waals surface area contributed by atoms with Crippen LogP contribution in [0.4, 0.5) is 9.18 Å². The van der Waals surface area contributed by atoms with Crippen molar-refractivity contribution < 1.29 is 18.7 Å². The molecular weight excluding hydrogens is 343 g/mol. The van der Waals surface area contributed by atoms with Crippen LogP contribution in [0.5, 0.6) is 11.5 Å². The first-order valence-corrected chi connectivity index (χ1v) is 9.09. The smallest absolute Gasteiger partial charge is 0.315 e. The van der Waals surface area contributed by atoms with Crippen molar-refractivity contribution in [2.45, 2.75) is 12.3 Å². The molecule has 0 unspecified atom stereocenters. The highest BCUT2D eigenvalue weighted by Gasteiger charge is 2.13. The van der Waals surface area contributed by atoms with Crippen LogP contribution in [0.15, 0.2) is 42.5 Å². The molecule has 0 radical (unpaired) electrons. The standard InChI is InChI=1S/C18H19FN2O3S/c19-15-4-2-1-3-14(15)11-25-8-7-20-18(22)21-10-13-5-6-16-17(9-13)24-12-23-16/h1-6,9H,7-8,10-12H2,(H2,20,21,22). The highest BCUT2D eigenvalue weighted by atomic mass is 32.2. The highest BCUT2D eigenvalue weighted by Crippen LogP contribution is 2.32. The molecule has 0 saturated heterocycles. The second-order valence-corrected chi connectivity index (χ2v) is 6.55. The lowest BCUT2D eigenvalue weighted by atomic mass is 10.2. The van der Waals surface area contributed by atoms with Crippen molar-refractivity contribution in [3.05, 3.63) is 59.4 Å². The van der Waals surface area contributed by atoms with E-state index in [-0.39, 0.29) is 18.6 Å². The van der Waals surface area contributed by atoms with E-state index in [0.717, 1.165) is 11.3 Å². The summed E-state index contributed by atoms with van der Waals surface area (Å²) < 4.78 is 24.0. The number of hydrogen-bond acceptors (Lipinski definition) is 4. The van der Waals surface area contributed by atoms with Crippen molar-refractivity contribution >= 4 is 17.8 Å². The second kappa shape index (κ2) is 8.62. The lowest BCUT2D eigenvalue weighted by Crippen LogP contribution is -2.36. The first-order valence-electron chi connectivity index (χ1n) is 7.94. The molecule has 1 heterocycles. The fourth-order valence-corrected chi connectivity index (χ4v) is 3.17. The van der Waals surface area contributed by atoms with Crippen LogP contribution in [-0.4, -0.2) is 25.1 Å². The molecule has 0 bridgehead atoms. The van der Waals surface area contributed by atoms with Gasteiger partial charge >= 0.3 is 6.03 Å². The molecule has 2 amide bonds. The van der Waals surface area contributed by atoms with Crippen molar-refractivity contribution in [1.82, 2.24) is 10.6 Å². The number of fused-ring (bicyclic) bond motifs is 1. The molecule has 5 nitrogen and oxygen atoms in total. The quantitative estimate of drug-likeness (QED) is 0.742. The molecule has 2 N–H and O–H groups in total. The Bertz CT molecular complexity index is 742. The van der Waals surface area contributed by atoms with Gasteiger partial charge in [0.05, 0.1) is 0 Å². The first-order chi connectivity index (χ1) is 12.2. The van der Waals surface area contributed by atoms with Crippen molar-refractivity contribution in [1.29, 1.82) is 0 Å². The summed E-state index contributed by atoms with van der Waals surface area (Å²) in [7, 11) is 0. The minimum Gasteiger partial charge on any atom is -0.454 e. The van der Waals surface area contributed by atoms with Crippen LogP contribution in [-0.2, 0) is 12.3 Å². The molecule has 1 aliphatic rings. The van der Waals surface area contributed by atoms with Gasteiger partial charge in [-0.2, -0.15) is 11.8 Å². The normalized spacial score (nSPS) is 12.0. The van der Waals surface area contributed by atoms with Crippen LogP contribution >= 0.6 is 11.8 Å². The zero-order valence-electron chi connectivity index (χ0n) is 13.6. The molecule has 25 heavy (non-hydrogen) atoms. The predicted octanol–water partition coefficient (Wildman–Crippen LogP) is 3.29. The molecule has 1 aliphatic heterocycles. The summed E-state index contributed by atoms with van der Waals surface area (Å²) in [5, 5.41) is 5.58. The van der Waals surface area contributed by atoms with Crippen LogP contribution in [0.25, 0.3) is 0 Å². The molecule has 132 valence electrons. The number of halogens is 1. The van der Waals surface area contributed by atoms with Gasteiger partial charge < -0.3 is 20.1 Å². The maximum absolute atomic E-state index is 13.5. The number of ether oxygens (including phenoxy) is 2. The van der Waals surface area contributed by atoms with Crippen LogP contribution in [0.2, 0.25) is 0 Å². The minimum absolute atomic E-state index is 0.190. The summed E-state index contributed by atoms with van der Waals surface area (Å²) in [5.41, 5.74) is 1.62. The van der Waals surface area contributed by atoms with E-state index >= 15 is 0 Å². The van der Waals surface area contributed by atoms with Crippen molar-refractivity contribution in [3.63, 3.8) is 0 Å². The summed E-state index contributed by atoms with van der Waals surface area (Å²) in [4.78, 5) is 11.8. The average Bonchev–Trinajstić information content (AvgIpc) is 3.09. The Balaban J connectivity index is 1.31. The lowest BCUT2D eigenvalue weighted by Gasteiger charge is -2.08. The molecule has 0 aliphatic carbocycles. The molecule has 0 fully saturated rings. The number of carbonyl (C=O) groups is 1. The number of benzene rings is 2. The van der Waals surface area contributed by atoms with E-state index in [1.807, 2.05) is 24.3 Å². The monoisotopic (exact) mass is 362 g/mol. The maximum atomic E-state index is 13.5. The molecular formula is C18H19FN2O3S. The maximum Gasteiger partial charge on any atom is 0.315 e. The minimum atomic E-state index is -0.232. The fraction of sp³-hybridized carbons (Fsp3) is 0.278. The van der Waals surface area contributed by atoms with Gasteiger partial charge in [-0.1, -0.05) is 24.3 Å². The molecule has 0 saturated carbocycles. The van der Waals surface area contributed by atoms with Gasteiger partial charge in [-0.25, -0.2) is 9.18 Å². The molecule has 0 atom stereocenters. The van der Waals surface area contributed by atoms with E-state index in [1.54, 1.807) is 23.9 Å². The van der Waals surface area contributed by atoms with Crippen LogP contribution < -0.4 is 20.1 Å². The molecule has 3 rings (SSSR count). The Morgan fingerprint density at radius 3 is 2.84 bits per heavy atom. The largest absolute Gasteiger partial charge is 0.454 e. The van der Waals surface area contributed by atoms with Gasteiger partial charge in [0.2, 0.25) is 6.79 Å². The van der Waals surface area contributed by atoms with Gasteiger partial charge in [0.1, 0.15) is 5.82 Å². The van der Waals surface area contributed by atoms with Gasteiger partial charge in [-0.3, -0.25) is 0 Å². The van der Waals surface area contributed by atoms with Crippen LogP contribution in [0.1, 0.15) is 11.1 Å². The molecule has 7 heteroatoms. The van der Waals surface area contributed by atoms with Crippen molar-refractivity contribution in [2.75, 3.05) is 19.1 Å². The molecule has 0 spiro atoms. The Morgan fingerprint density at radius 2 is 1.96 bits per heavy atom. The van der Waals surface area contributed by atoms with Crippen molar-refractivity contribution in [3.8, 4) is 11.5 Å². The van der Waals surface area contributed by atoms with Gasteiger partial charge in [-0.05, 0) is 29.3 Å². The Kier molecular flexibility index (Phi) is 6.00. The van der Waals surface area contributed by atoms with E-state index in [9.17, 15) is 9.18 Å². The number of thioether (sulfide) groups is 1. The lowest BCUT2D eigenvalue weighted by molar-refractivity contribution is 0.174. The Hall–Kier alpha value is -2.41. The number of nitrogens with one attached hydrogen (secondary N) is 2. The third-order valence-electron chi connectivity index (χ3n) is 3.64. The van der Waals surface area contributed by atoms with Gasteiger partial charge in [0.25, 0.3) is 0 Å². The summed E-state index contributed by atoms with van der Waals surface area (Å²) in [6, 6.07) is 12.1. The van der Waals surface area contributed by atoms with Gasteiger partial charge in [-0.15, -0.1) is 0 Å². The van der Waals surface area contributed by atoms with E-state index < -0.39 is 0 Å². The summed E-state index contributed by atoms with van der Waals surface area (Å²) in [5.74, 6) is 2.53. The molecule has 2 aromatic carbocycles. The third-order valence-corrected chi connectivity index (χ3v) is 4.65. The van der Waals surface area contributed by atoms with E-state index in [2.05, 4.69) is 10.6 Å². The number of rotatable bonds is 7. The number of carbonyl (C=O) groups excluding carboxylic acids is 1. The van der Waals surface area contributed by atoms with Crippen LogP contribution in [0.3, 0.4) is 0 Å². The van der Waals surface area contributed by atoms with E-state index in [0.29, 0.717) is 35.9 Å². The summed E-state index contributed by atoms with van der Waals surface area (Å²) in [6.45, 7) is 1.16. The summed E-state index contributed by atoms with van der Waals surface area (Å²) in [6.07, 6.45) is 0. The van der Waals surface area contributed by atoms with Gasteiger partial charge in [0, 0.05) is 24.6 Å². The van der Waals surface area contributed by atoms with Gasteiger partial charge in [0.15, 0.2) is 11.5 Å². The number of urea groups is 1. The predicted molar refractivity (Wildman–Crippen MR) is 95.4 cm³/mol.